The third-order valence-corrected chi connectivity index (χ3v) is 2.90. The number of ketones is 1. The van der Waals surface area contributed by atoms with Crippen LogP contribution in [0.3, 0.4) is 0 Å². The topological polar surface area (TPSA) is 72.2 Å². The van der Waals surface area contributed by atoms with Crippen LogP contribution in [-0.4, -0.2) is 10.7 Å². The lowest BCUT2D eigenvalue weighted by molar-refractivity contribution is -0.384. The Bertz CT molecular complexity index is 694. The van der Waals surface area contributed by atoms with Crippen LogP contribution in [0, 0.1) is 10.1 Å². The zero-order valence-electron chi connectivity index (χ0n) is 11.4. The van der Waals surface area contributed by atoms with Crippen molar-refractivity contribution in [2.24, 2.45) is 0 Å². The highest BCUT2D eigenvalue weighted by Gasteiger charge is 2.08. The third kappa shape index (κ3) is 3.76. The molecule has 0 atom stereocenters. The number of benzene rings is 2. The number of hydrogen-bond donors (Lipinski definition) is 1. The average Bonchev–Trinajstić information content (AvgIpc) is 2.48. The summed E-state index contributed by atoms with van der Waals surface area (Å²) in [5, 5.41) is 13.7. The highest BCUT2D eigenvalue weighted by Crippen LogP contribution is 2.19. The van der Waals surface area contributed by atoms with Gasteiger partial charge in [0.25, 0.3) is 5.69 Å². The zero-order valence-corrected chi connectivity index (χ0v) is 11.4. The van der Waals surface area contributed by atoms with Crippen molar-refractivity contribution in [2.75, 3.05) is 5.32 Å². The lowest BCUT2D eigenvalue weighted by Gasteiger charge is -2.06. The molecule has 0 saturated carbocycles. The van der Waals surface area contributed by atoms with Crippen molar-refractivity contribution in [1.29, 1.82) is 0 Å². The second kappa shape index (κ2) is 6.47. The van der Waals surface area contributed by atoms with E-state index in [1.54, 1.807) is 18.3 Å². The molecule has 21 heavy (non-hydrogen) atoms. The second-order valence-electron chi connectivity index (χ2n) is 4.43. The maximum Gasteiger partial charge on any atom is 0.271 e. The molecule has 0 saturated heterocycles. The lowest BCUT2D eigenvalue weighted by Crippen LogP contribution is -2.00. The van der Waals surface area contributed by atoms with E-state index in [2.05, 4.69) is 5.32 Å². The fourth-order valence-corrected chi connectivity index (χ4v) is 1.87. The molecule has 0 heterocycles. The quantitative estimate of drug-likeness (QED) is 0.516. The minimum Gasteiger partial charge on any atom is -0.361 e. The van der Waals surface area contributed by atoms with Crippen LogP contribution in [0.15, 0.2) is 60.8 Å². The number of nitrogens with one attached hydrogen (secondary N) is 1. The number of carbonyl (C=O) groups is 1. The Morgan fingerprint density at radius 1 is 1.14 bits per heavy atom. The van der Waals surface area contributed by atoms with Crippen LogP contribution >= 0.6 is 0 Å². The number of nitro benzene ring substituents is 1. The smallest absolute Gasteiger partial charge is 0.271 e. The van der Waals surface area contributed by atoms with Gasteiger partial charge in [-0.1, -0.05) is 36.4 Å². The summed E-state index contributed by atoms with van der Waals surface area (Å²) >= 11 is 0. The number of Topliss-reactive ketones (excluding diaryl/α,β-unsaturated/α-hetero) is 1. The molecule has 0 aliphatic carbocycles. The van der Waals surface area contributed by atoms with Gasteiger partial charge in [0.1, 0.15) is 0 Å². The monoisotopic (exact) mass is 282 g/mol. The number of nitrogens with zero attached hydrogens (tertiary/aromatic N) is 1. The van der Waals surface area contributed by atoms with Crippen molar-refractivity contribution >= 4 is 22.7 Å². The van der Waals surface area contributed by atoms with E-state index in [0.717, 1.165) is 5.56 Å². The van der Waals surface area contributed by atoms with Gasteiger partial charge in [-0.25, -0.2) is 0 Å². The van der Waals surface area contributed by atoms with Crippen molar-refractivity contribution in [3.8, 4) is 0 Å². The molecule has 1 N–H and O–H groups in total. The van der Waals surface area contributed by atoms with Gasteiger partial charge in [0.15, 0.2) is 5.78 Å². The molecule has 2 rings (SSSR count). The fourth-order valence-electron chi connectivity index (χ4n) is 1.87. The Balaban J connectivity index is 2.27. The highest BCUT2D eigenvalue weighted by molar-refractivity contribution is 6.19. The Kier molecular flexibility index (Phi) is 4.46. The summed E-state index contributed by atoms with van der Waals surface area (Å²) < 4.78 is 0. The van der Waals surface area contributed by atoms with Gasteiger partial charge in [0.2, 0.25) is 0 Å². The van der Waals surface area contributed by atoms with Crippen LogP contribution in [0.4, 0.5) is 11.4 Å². The number of carbonyl (C=O) groups excluding carboxylic acids is 1. The number of allylic oxidation sites excluding steroid dienone is 1. The number of non-ortho nitro benzene ring substituents is 1. The van der Waals surface area contributed by atoms with Crippen LogP contribution in [0.5, 0.6) is 0 Å². The lowest BCUT2D eigenvalue weighted by atomic mass is 10.0. The Morgan fingerprint density at radius 3 is 2.48 bits per heavy atom. The van der Waals surface area contributed by atoms with Crippen LogP contribution < -0.4 is 5.32 Å². The number of hydrogen-bond acceptors (Lipinski definition) is 4. The summed E-state index contributed by atoms with van der Waals surface area (Å²) in [5.74, 6) is -0.0841. The molecule has 0 fully saturated rings. The van der Waals surface area contributed by atoms with E-state index < -0.39 is 4.92 Å². The molecule has 0 bridgehead atoms. The zero-order chi connectivity index (χ0) is 15.2. The van der Waals surface area contributed by atoms with Crippen molar-refractivity contribution < 1.29 is 9.72 Å². The number of nitro groups is 1. The molecule has 0 amide bonds. The minimum absolute atomic E-state index is 0.00233. The average molecular weight is 282 g/mol. The summed E-state index contributed by atoms with van der Waals surface area (Å²) in [5.41, 5.74) is 1.86. The van der Waals surface area contributed by atoms with Crippen LogP contribution in [0.25, 0.3) is 5.57 Å². The second-order valence-corrected chi connectivity index (χ2v) is 4.43. The predicted octanol–water partition coefficient (Wildman–Crippen LogP) is 3.64. The van der Waals surface area contributed by atoms with Crippen molar-refractivity contribution in [3.63, 3.8) is 0 Å². The van der Waals surface area contributed by atoms with E-state index in [9.17, 15) is 14.9 Å². The number of rotatable bonds is 5. The highest BCUT2D eigenvalue weighted by atomic mass is 16.6. The van der Waals surface area contributed by atoms with Gasteiger partial charge in [-0.3, -0.25) is 14.9 Å². The Labute approximate surface area is 122 Å². The fraction of sp³-hybridized carbons (Fsp3) is 0.0625. The van der Waals surface area contributed by atoms with Gasteiger partial charge in [-0.15, -0.1) is 0 Å². The number of anilines is 1. The normalized spacial score (nSPS) is 11.0. The van der Waals surface area contributed by atoms with Gasteiger partial charge >= 0.3 is 0 Å². The van der Waals surface area contributed by atoms with E-state index in [1.807, 2.05) is 30.3 Å². The first-order valence-corrected chi connectivity index (χ1v) is 6.35. The largest absolute Gasteiger partial charge is 0.361 e. The van der Waals surface area contributed by atoms with Gasteiger partial charge in [-0.2, -0.15) is 0 Å². The third-order valence-electron chi connectivity index (χ3n) is 2.90. The molecule has 5 nitrogen and oxygen atoms in total. The van der Waals surface area contributed by atoms with Crippen LogP contribution in [-0.2, 0) is 4.79 Å². The molecule has 0 unspecified atom stereocenters. The molecule has 0 aliphatic rings. The predicted molar refractivity (Wildman–Crippen MR) is 81.8 cm³/mol. The maximum atomic E-state index is 11.7. The summed E-state index contributed by atoms with van der Waals surface area (Å²) in [6, 6.07) is 15.4. The first-order chi connectivity index (χ1) is 10.1. The molecular formula is C16H14N2O3. The van der Waals surface area contributed by atoms with Gasteiger partial charge in [0.05, 0.1) is 4.92 Å². The van der Waals surface area contributed by atoms with E-state index >= 15 is 0 Å². The molecule has 2 aromatic carbocycles. The molecule has 0 spiro atoms. The van der Waals surface area contributed by atoms with Gasteiger partial charge in [-0.05, 0) is 18.6 Å². The van der Waals surface area contributed by atoms with Crippen LogP contribution in [0.1, 0.15) is 12.5 Å². The Morgan fingerprint density at radius 2 is 1.86 bits per heavy atom. The van der Waals surface area contributed by atoms with Crippen molar-refractivity contribution in [3.05, 3.63) is 76.5 Å². The molecule has 5 heteroatoms. The first-order valence-electron chi connectivity index (χ1n) is 6.35. The van der Waals surface area contributed by atoms with Crippen molar-refractivity contribution in [2.45, 2.75) is 6.92 Å². The van der Waals surface area contributed by atoms with E-state index in [0.29, 0.717) is 11.3 Å². The van der Waals surface area contributed by atoms with Crippen LogP contribution in [0.2, 0.25) is 0 Å². The van der Waals surface area contributed by atoms with Crippen molar-refractivity contribution in [1.82, 2.24) is 0 Å². The van der Waals surface area contributed by atoms with E-state index in [-0.39, 0.29) is 11.5 Å². The van der Waals surface area contributed by atoms with Gasteiger partial charge in [0, 0.05) is 29.6 Å². The molecule has 0 radical (unpaired) electrons. The van der Waals surface area contributed by atoms with E-state index in [1.165, 1.54) is 19.1 Å². The summed E-state index contributed by atoms with van der Waals surface area (Å²) in [4.78, 5) is 22.0. The SMILES string of the molecule is CC(=O)/C(=C\Nc1cccc([N+](=O)[O-])c1)c1ccccc1. The van der Waals surface area contributed by atoms with Gasteiger partial charge < -0.3 is 5.32 Å². The molecule has 0 aliphatic heterocycles. The van der Waals surface area contributed by atoms with E-state index in [4.69, 9.17) is 0 Å². The molecular weight excluding hydrogens is 268 g/mol. The molecule has 0 aromatic heterocycles. The minimum atomic E-state index is -0.460. The maximum absolute atomic E-state index is 11.7. The summed E-state index contributed by atoms with van der Waals surface area (Å²) in [7, 11) is 0. The summed E-state index contributed by atoms with van der Waals surface area (Å²) in [6.45, 7) is 1.48. The Hall–Kier alpha value is -2.95. The first kappa shape index (κ1) is 14.5. The molecule has 106 valence electrons. The standard InChI is InChI=1S/C16H14N2O3/c1-12(19)16(13-6-3-2-4-7-13)11-17-14-8-5-9-15(10-14)18(20)21/h2-11,17H,1H3/b16-11+. The molecule has 2 aromatic rings. The summed E-state index contributed by atoms with van der Waals surface area (Å²) in [6.07, 6.45) is 1.57.